The van der Waals surface area contributed by atoms with E-state index in [4.69, 9.17) is 16.3 Å². The van der Waals surface area contributed by atoms with Crippen LogP contribution in [0.5, 0.6) is 5.75 Å². The number of carbonyl (C=O) groups excluding carboxylic acids is 1. The average molecular weight is 338 g/mol. The summed E-state index contributed by atoms with van der Waals surface area (Å²) >= 11 is 5.69. The van der Waals surface area contributed by atoms with E-state index in [2.05, 4.69) is 10.6 Å². The van der Waals surface area contributed by atoms with Gasteiger partial charge in [0, 0.05) is 24.2 Å². The molecule has 0 fully saturated rings. The fourth-order valence-electron chi connectivity index (χ4n) is 1.42. The zero-order chi connectivity index (χ0) is 15.0. The molecular weight excluding hydrogens is 321 g/mol. The first-order valence-electron chi connectivity index (χ1n) is 6.02. The number of benzene rings is 1. The van der Waals surface area contributed by atoms with Gasteiger partial charge in [0.2, 0.25) is 5.91 Å². The van der Waals surface area contributed by atoms with Gasteiger partial charge in [0.15, 0.2) is 5.75 Å². The first kappa shape index (κ1) is 19.4. The van der Waals surface area contributed by atoms with Gasteiger partial charge < -0.3 is 15.4 Å². The van der Waals surface area contributed by atoms with Crippen LogP contribution in [0.1, 0.15) is 6.42 Å². The number of halogens is 2. The van der Waals surface area contributed by atoms with Gasteiger partial charge in [-0.1, -0.05) is 11.6 Å². The molecule has 0 aromatic heterocycles. The molecule has 0 aliphatic carbocycles. The Morgan fingerprint density at radius 2 is 2.14 bits per heavy atom. The average Bonchev–Trinajstić information content (AvgIpc) is 2.40. The Hall–Kier alpha value is -1.57. The van der Waals surface area contributed by atoms with Crippen molar-refractivity contribution in [2.24, 2.45) is 0 Å². The third-order valence-corrected chi connectivity index (χ3v) is 2.64. The minimum absolute atomic E-state index is 0. The van der Waals surface area contributed by atoms with Crippen LogP contribution < -0.4 is 15.4 Å². The smallest absolute Gasteiger partial charge is 0.312 e. The van der Waals surface area contributed by atoms with E-state index in [1.807, 2.05) is 0 Å². The van der Waals surface area contributed by atoms with E-state index in [1.54, 1.807) is 7.05 Å². The van der Waals surface area contributed by atoms with Crippen molar-refractivity contribution in [2.75, 3.05) is 26.7 Å². The molecule has 9 heteroatoms. The van der Waals surface area contributed by atoms with Crippen molar-refractivity contribution in [3.05, 3.63) is 33.3 Å². The molecule has 0 bridgehead atoms. The highest BCUT2D eigenvalue weighted by Crippen LogP contribution is 2.29. The molecule has 0 aliphatic heterocycles. The Labute approximate surface area is 133 Å². The minimum Gasteiger partial charge on any atom is -0.486 e. The Morgan fingerprint density at radius 1 is 1.43 bits per heavy atom. The Kier molecular flexibility index (Phi) is 9.44. The van der Waals surface area contributed by atoms with E-state index >= 15 is 0 Å². The second-order valence-corrected chi connectivity index (χ2v) is 4.36. The highest BCUT2D eigenvalue weighted by atomic mass is 35.5. The van der Waals surface area contributed by atoms with Crippen LogP contribution in [0, 0.1) is 10.1 Å². The van der Waals surface area contributed by atoms with Crippen LogP contribution in [0.25, 0.3) is 0 Å². The van der Waals surface area contributed by atoms with Crippen LogP contribution in [0.3, 0.4) is 0 Å². The summed E-state index contributed by atoms with van der Waals surface area (Å²) < 4.78 is 5.25. The Morgan fingerprint density at radius 3 is 2.76 bits per heavy atom. The molecule has 0 saturated heterocycles. The first-order chi connectivity index (χ1) is 9.54. The SMILES string of the molecule is CNCCNC(=O)CCOc1ccc(Cl)cc1[N+](=O)[O-].Cl. The quantitative estimate of drug-likeness (QED) is 0.428. The molecule has 0 atom stereocenters. The van der Waals surface area contributed by atoms with Gasteiger partial charge in [-0.05, 0) is 19.2 Å². The predicted octanol–water partition coefficient (Wildman–Crippen LogP) is 1.77. The summed E-state index contributed by atoms with van der Waals surface area (Å²) in [7, 11) is 1.79. The molecule has 1 aromatic carbocycles. The van der Waals surface area contributed by atoms with E-state index in [9.17, 15) is 14.9 Å². The zero-order valence-electron chi connectivity index (χ0n) is 11.4. The van der Waals surface area contributed by atoms with Crippen LogP contribution in [-0.2, 0) is 4.79 Å². The Bertz CT molecular complexity index is 486. The maximum atomic E-state index is 11.4. The predicted molar refractivity (Wildman–Crippen MR) is 82.4 cm³/mol. The number of likely N-dealkylation sites (N-methyl/N-ethyl adjacent to an activating group) is 1. The second-order valence-electron chi connectivity index (χ2n) is 3.92. The molecule has 0 unspecified atom stereocenters. The summed E-state index contributed by atoms with van der Waals surface area (Å²) in [6, 6.07) is 4.13. The monoisotopic (exact) mass is 337 g/mol. The maximum Gasteiger partial charge on any atom is 0.312 e. The van der Waals surface area contributed by atoms with Gasteiger partial charge in [-0.25, -0.2) is 0 Å². The molecule has 0 aliphatic rings. The molecule has 7 nitrogen and oxygen atoms in total. The van der Waals surface area contributed by atoms with Crippen molar-refractivity contribution in [1.82, 2.24) is 10.6 Å². The number of hydrogen-bond acceptors (Lipinski definition) is 5. The largest absolute Gasteiger partial charge is 0.486 e. The van der Waals surface area contributed by atoms with E-state index in [-0.39, 0.29) is 47.8 Å². The van der Waals surface area contributed by atoms with Gasteiger partial charge in [-0.3, -0.25) is 14.9 Å². The lowest BCUT2D eigenvalue weighted by atomic mass is 10.3. The summed E-state index contributed by atoms with van der Waals surface area (Å²) in [4.78, 5) is 21.7. The molecule has 0 radical (unpaired) electrons. The summed E-state index contributed by atoms with van der Waals surface area (Å²) in [5, 5.41) is 16.7. The van der Waals surface area contributed by atoms with Gasteiger partial charge in [0.05, 0.1) is 18.0 Å². The highest BCUT2D eigenvalue weighted by Gasteiger charge is 2.15. The van der Waals surface area contributed by atoms with Crippen LogP contribution >= 0.6 is 24.0 Å². The van der Waals surface area contributed by atoms with Gasteiger partial charge in [-0.15, -0.1) is 12.4 Å². The molecule has 1 rings (SSSR count). The molecule has 1 amide bonds. The first-order valence-corrected chi connectivity index (χ1v) is 6.40. The zero-order valence-corrected chi connectivity index (χ0v) is 13.0. The number of amides is 1. The standard InChI is InChI=1S/C12H16ClN3O4.ClH/c1-14-5-6-15-12(17)4-7-20-11-3-2-9(13)8-10(11)16(18)19;/h2-3,8,14H,4-7H2,1H3,(H,15,17);1H. The molecule has 2 N–H and O–H groups in total. The van der Waals surface area contributed by atoms with Gasteiger partial charge in [-0.2, -0.15) is 0 Å². The fourth-order valence-corrected chi connectivity index (χ4v) is 1.59. The van der Waals surface area contributed by atoms with Crippen LogP contribution in [0.15, 0.2) is 18.2 Å². The lowest BCUT2D eigenvalue weighted by Crippen LogP contribution is -2.31. The van der Waals surface area contributed by atoms with Gasteiger partial charge in [0.25, 0.3) is 0 Å². The number of nitro benzene ring substituents is 1. The summed E-state index contributed by atoms with van der Waals surface area (Å²) in [5.41, 5.74) is -0.215. The summed E-state index contributed by atoms with van der Waals surface area (Å²) in [5.74, 6) is -0.0701. The third-order valence-electron chi connectivity index (χ3n) is 2.40. The maximum absolute atomic E-state index is 11.4. The molecule has 0 spiro atoms. The lowest BCUT2D eigenvalue weighted by Gasteiger charge is -2.07. The van der Waals surface area contributed by atoms with Gasteiger partial charge in [0.1, 0.15) is 0 Å². The van der Waals surface area contributed by atoms with E-state index in [0.29, 0.717) is 13.1 Å². The number of ether oxygens (including phenoxy) is 1. The van der Waals surface area contributed by atoms with Crippen LogP contribution in [0.4, 0.5) is 5.69 Å². The van der Waals surface area contributed by atoms with E-state index in [0.717, 1.165) is 0 Å². The fraction of sp³-hybridized carbons (Fsp3) is 0.417. The highest BCUT2D eigenvalue weighted by molar-refractivity contribution is 6.30. The Balaban J connectivity index is 0.00000400. The molecule has 0 saturated carbocycles. The van der Waals surface area contributed by atoms with Crippen molar-refractivity contribution in [3.63, 3.8) is 0 Å². The van der Waals surface area contributed by atoms with Crippen LogP contribution in [-0.4, -0.2) is 37.6 Å². The number of nitrogens with zero attached hydrogens (tertiary/aromatic N) is 1. The number of carbonyl (C=O) groups is 1. The number of hydrogen-bond donors (Lipinski definition) is 2. The van der Waals surface area contributed by atoms with Crippen molar-refractivity contribution in [2.45, 2.75) is 6.42 Å². The summed E-state index contributed by atoms with van der Waals surface area (Å²) in [6.07, 6.45) is 0.128. The van der Waals surface area contributed by atoms with E-state index < -0.39 is 4.92 Å². The van der Waals surface area contributed by atoms with Crippen LogP contribution in [0.2, 0.25) is 5.02 Å². The number of nitro groups is 1. The number of rotatable bonds is 8. The minimum atomic E-state index is -0.575. The van der Waals surface area contributed by atoms with Crippen molar-refractivity contribution in [1.29, 1.82) is 0 Å². The van der Waals surface area contributed by atoms with Crippen molar-refractivity contribution >= 4 is 35.6 Å². The molecule has 1 aromatic rings. The topological polar surface area (TPSA) is 93.5 Å². The molecule has 21 heavy (non-hydrogen) atoms. The summed E-state index contributed by atoms with van der Waals surface area (Å²) in [6.45, 7) is 1.26. The second kappa shape index (κ2) is 10.2. The normalized spacial score (nSPS) is 9.62. The third kappa shape index (κ3) is 7.12. The van der Waals surface area contributed by atoms with Crippen molar-refractivity contribution in [3.8, 4) is 5.75 Å². The lowest BCUT2D eigenvalue weighted by molar-refractivity contribution is -0.385. The van der Waals surface area contributed by atoms with Crippen molar-refractivity contribution < 1.29 is 14.5 Å². The number of nitrogens with one attached hydrogen (secondary N) is 2. The van der Waals surface area contributed by atoms with E-state index in [1.165, 1.54) is 18.2 Å². The molecule has 0 heterocycles. The molecule has 118 valence electrons. The van der Waals surface area contributed by atoms with Gasteiger partial charge >= 0.3 is 5.69 Å². The molecular formula is C12H17Cl2N3O4.